The maximum absolute atomic E-state index is 5.82. The molecule has 1 atom stereocenters. The third-order valence-electron chi connectivity index (χ3n) is 4.04. The summed E-state index contributed by atoms with van der Waals surface area (Å²) < 4.78 is 1.18. The first kappa shape index (κ1) is 14.0. The molecule has 3 N–H and O–H groups in total. The van der Waals surface area contributed by atoms with Crippen molar-refractivity contribution < 1.29 is 0 Å². The van der Waals surface area contributed by atoms with E-state index in [1.807, 2.05) is 0 Å². The molecule has 2 rings (SSSR count). The lowest BCUT2D eigenvalue weighted by Crippen LogP contribution is -2.33. The summed E-state index contributed by atoms with van der Waals surface area (Å²) in [5.74, 6) is 6.49. The zero-order valence-corrected chi connectivity index (χ0v) is 12.7. The molecule has 0 saturated heterocycles. The van der Waals surface area contributed by atoms with Crippen molar-refractivity contribution in [2.45, 2.75) is 51.5 Å². The van der Waals surface area contributed by atoms with Gasteiger partial charge in [0.15, 0.2) is 0 Å². The van der Waals surface area contributed by atoms with Crippen LogP contribution in [0, 0.1) is 12.8 Å². The summed E-state index contributed by atoms with van der Waals surface area (Å²) >= 11 is 3.68. The zero-order chi connectivity index (χ0) is 13.0. The standard InChI is InChI=1S/C15H23BrN2/c1-11-8-9-13(14(16)10-11)15(18-17)12-6-4-2-3-5-7-12/h8-10,12,15,18H,2-7,17H2,1H3. The minimum atomic E-state index is 0.276. The lowest BCUT2D eigenvalue weighted by molar-refractivity contribution is 0.328. The van der Waals surface area contributed by atoms with Crippen LogP contribution in [0.1, 0.15) is 55.7 Å². The molecule has 0 radical (unpaired) electrons. The number of hydrazine groups is 1. The molecule has 0 aliphatic heterocycles. The highest BCUT2D eigenvalue weighted by Gasteiger charge is 2.24. The van der Waals surface area contributed by atoms with Crippen LogP contribution in [-0.4, -0.2) is 0 Å². The highest BCUT2D eigenvalue weighted by Crippen LogP contribution is 2.36. The molecule has 1 aliphatic carbocycles. The fraction of sp³-hybridized carbons (Fsp3) is 0.600. The van der Waals surface area contributed by atoms with Crippen LogP contribution in [0.25, 0.3) is 0 Å². The van der Waals surface area contributed by atoms with Crippen molar-refractivity contribution in [3.63, 3.8) is 0 Å². The molecule has 1 unspecified atom stereocenters. The molecular formula is C15H23BrN2. The summed E-state index contributed by atoms with van der Waals surface area (Å²) in [6.07, 6.45) is 8.01. The van der Waals surface area contributed by atoms with Gasteiger partial charge in [-0.15, -0.1) is 0 Å². The Labute approximate surface area is 118 Å². The van der Waals surface area contributed by atoms with E-state index in [0.717, 1.165) is 0 Å². The molecule has 0 heterocycles. The van der Waals surface area contributed by atoms with Crippen LogP contribution < -0.4 is 11.3 Å². The number of aryl methyl sites for hydroxylation is 1. The fourth-order valence-electron chi connectivity index (χ4n) is 3.01. The highest BCUT2D eigenvalue weighted by atomic mass is 79.9. The Morgan fingerprint density at radius 1 is 1.22 bits per heavy atom. The van der Waals surface area contributed by atoms with Crippen LogP contribution in [-0.2, 0) is 0 Å². The van der Waals surface area contributed by atoms with Gasteiger partial charge in [-0.1, -0.05) is 53.7 Å². The minimum Gasteiger partial charge on any atom is -0.271 e. The summed E-state index contributed by atoms with van der Waals surface area (Å²) in [5, 5.41) is 0. The first-order valence-electron chi connectivity index (χ1n) is 6.94. The number of nitrogens with two attached hydrogens (primary N) is 1. The van der Waals surface area contributed by atoms with Gasteiger partial charge in [0.05, 0.1) is 0 Å². The Balaban J connectivity index is 2.20. The highest BCUT2D eigenvalue weighted by molar-refractivity contribution is 9.10. The molecule has 1 fully saturated rings. The van der Waals surface area contributed by atoms with Gasteiger partial charge in [0.25, 0.3) is 0 Å². The molecule has 1 aromatic rings. The average molecular weight is 311 g/mol. The zero-order valence-electron chi connectivity index (χ0n) is 11.1. The molecular weight excluding hydrogens is 288 g/mol. The second-order valence-corrected chi connectivity index (χ2v) is 6.28. The van der Waals surface area contributed by atoms with Gasteiger partial charge in [0.2, 0.25) is 0 Å². The molecule has 2 nitrogen and oxygen atoms in total. The number of benzene rings is 1. The largest absolute Gasteiger partial charge is 0.271 e. The maximum atomic E-state index is 5.82. The number of nitrogens with one attached hydrogen (secondary N) is 1. The van der Waals surface area contributed by atoms with E-state index in [0.29, 0.717) is 5.92 Å². The first-order valence-corrected chi connectivity index (χ1v) is 7.74. The molecule has 0 spiro atoms. The van der Waals surface area contributed by atoms with Crippen molar-refractivity contribution in [3.8, 4) is 0 Å². The van der Waals surface area contributed by atoms with Gasteiger partial charge < -0.3 is 0 Å². The molecule has 18 heavy (non-hydrogen) atoms. The van der Waals surface area contributed by atoms with Gasteiger partial charge in [-0.05, 0) is 42.9 Å². The van der Waals surface area contributed by atoms with Gasteiger partial charge in [0, 0.05) is 10.5 Å². The van der Waals surface area contributed by atoms with Crippen molar-refractivity contribution in [2.24, 2.45) is 11.8 Å². The predicted molar refractivity (Wildman–Crippen MR) is 80.1 cm³/mol. The molecule has 1 aliphatic rings. The number of hydrogen-bond donors (Lipinski definition) is 2. The summed E-state index contributed by atoms with van der Waals surface area (Å²) in [7, 11) is 0. The van der Waals surface area contributed by atoms with Crippen molar-refractivity contribution in [1.82, 2.24) is 5.43 Å². The van der Waals surface area contributed by atoms with Crippen molar-refractivity contribution in [3.05, 3.63) is 33.8 Å². The summed E-state index contributed by atoms with van der Waals surface area (Å²) in [6.45, 7) is 2.12. The monoisotopic (exact) mass is 310 g/mol. The summed E-state index contributed by atoms with van der Waals surface area (Å²) in [4.78, 5) is 0. The maximum Gasteiger partial charge on any atom is 0.0499 e. The van der Waals surface area contributed by atoms with Crippen LogP contribution >= 0.6 is 15.9 Å². The Hall–Kier alpha value is -0.380. The lowest BCUT2D eigenvalue weighted by Gasteiger charge is -2.27. The Morgan fingerprint density at radius 3 is 2.44 bits per heavy atom. The second kappa shape index (κ2) is 6.69. The van der Waals surface area contributed by atoms with E-state index >= 15 is 0 Å². The topological polar surface area (TPSA) is 38.0 Å². The van der Waals surface area contributed by atoms with Crippen molar-refractivity contribution >= 4 is 15.9 Å². The van der Waals surface area contributed by atoms with E-state index in [1.54, 1.807) is 0 Å². The molecule has 1 saturated carbocycles. The molecule has 3 heteroatoms. The van der Waals surface area contributed by atoms with E-state index in [9.17, 15) is 0 Å². The SMILES string of the molecule is Cc1ccc(C(NN)C2CCCCCC2)c(Br)c1. The van der Waals surface area contributed by atoms with Gasteiger partial charge in [-0.2, -0.15) is 0 Å². The van der Waals surface area contributed by atoms with Crippen molar-refractivity contribution in [2.75, 3.05) is 0 Å². The third kappa shape index (κ3) is 3.34. The summed E-state index contributed by atoms with van der Waals surface area (Å²) in [5.41, 5.74) is 5.63. The van der Waals surface area contributed by atoms with E-state index in [1.165, 1.54) is 54.1 Å². The smallest absolute Gasteiger partial charge is 0.0499 e. The van der Waals surface area contributed by atoms with Gasteiger partial charge in [-0.25, -0.2) is 0 Å². The van der Waals surface area contributed by atoms with E-state index in [-0.39, 0.29) is 6.04 Å². The minimum absolute atomic E-state index is 0.276. The van der Waals surface area contributed by atoms with Crippen LogP contribution in [0.5, 0.6) is 0 Å². The Kier molecular flexibility index (Phi) is 5.22. The van der Waals surface area contributed by atoms with Crippen LogP contribution in [0.3, 0.4) is 0 Å². The molecule has 100 valence electrons. The number of hydrogen-bond acceptors (Lipinski definition) is 2. The average Bonchev–Trinajstić information content (AvgIpc) is 2.62. The molecule has 0 aromatic heterocycles. The molecule has 1 aromatic carbocycles. The Bertz CT molecular complexity index is 384. The van der Waals surface area contributed by atoms with Crippen LogP contribution in [0.2, 0.25) is 0 Å². The summed E-state index contributed by atoms with van der Waals surface area (Å²) in [6, 6.07) is 6.82. The fourth-order valence-corrected chi connectivity index (χ4v) is 3.75. The molecule has 0 amide bonds. The van der Waals surface area contributed by atoms with Gasteiger partial charge in [0.1, 0.15) is 0 Å². The van der Waals surface area contributed by atoms with E-state index in [2.05, 4.69) is 46.5 Å². The third-order valence-corrected chi connectivity index (χ3v) is 4.73. The van der Waals surface area contributed by atoms with Gasteiger partial charge in [-0.3, -0.25) is 11.3 Å². The second-order valence-electron chi connectivity index (χ2n) is 5.42. The van der Waals surface area contributed by atoms with E-state index < -0.39 is 0 Å². The molecule has 0 bridgehead atoms. The number of rotatable bonds is 3. The quantitative estimate of drug-likeness (QED) is 0.498. The number of halogens is 1. The predicted octanol–water partition coefficient (Wildman–Crippen LogP) is 4.23. The van der Waals surface area contributed by atoms with Crippen LogP contribution in [0.15, 0.2) is 22.7 Å². The van der Waals surface area contributed by atoms with Gasteiger partial charge >= 0.3 is 0 Å². The first-order chi connectivity index (χ1) is 8.72. The normalized spacial score (nSPS) is 19.5. The van der Waals surface area contributed by atoms with E-state index in [4.69, 9.17) is 5.84 Å². The lowest BCUT2D eigenvalue weighted by atomic mass is 9.87. The Morgan fingerprint density at radius 2 is 1.89 bits per heavy atom. The van der Waals surface area contributed by atoms with Crippen molar-refractivity contribution in [1.29, 1.82) is 0 Å². The van der Waals surface area contributed by atoms with Crippen LogP contribution in [0.4, 0.5) is 0 Å².